The Morgan fingerprint density at radius 2 is 2.19 bits per heavy atom. The minimum atomic E-state index is -0.416. The molecule has 9 heteroatoms. The molecule has 1 amide bonds. The zero-order valence-electron chi connectivity index (χ0n) is 7.52. The second-order valence-corrected chi connectivity index (χ2v) is 4.91. The number of hydrogen-bond acceptors (Lipinski definition) is 6. The number of carbonyl (C=O) groups excluding carboxylic acids is 1. The molecule has 2 heterocycles. The fourth-order valence-electron chi connectivity index (χ4n) is 0.844. The van der Waals surface area contributed by atoms with Crippen LogP contribution in [0.25, 0.3) is 0 Å². The number of rotatable bonds is 2. The molecule has 16 heavy (non-hydrogen) atoms. The van der Waals surface area contributed by atoms with Gasteiger partial charge in [0.05, 0.1) is 12.4 Å². The first-order chi connectivity index (χ1) is 7.65. The molecule has 0 radical (unpaired) electrons. The molecule has 0 spiro atoms. The van der Waals surface area contributed by atoms with E-state index in [-0.39, 0.29) is 9.47 Å². The fourth-order valence-corrected chi connectivity index (χ4v) is 1.77. The molecule has 0 aliphatic rings. The Bertz CT molecular complexity index is 516. The highest BCUT2D eigenvalue weighted by molar-refractivity contribution is 9.10. The maximum absolute atomic E-state index is 11.6. The van der Waals surface area contributed by atoms with Gasteiger partial charge < -0.3 is 5.32 Å². The minimum Gasteiger partial charge on any atom is -0.303 e. The van der Waals surface area contributed by atoms with E-state index in [1.165, 1.54) is 12.4 Å². The number of nitrogens with one attached hydrogen (secondary N) is 1. The van der Waals surface area contributed by atoms with E-state index in [0.29, 0.717) is 10.4 Å². The Hall–Kier alpha value is -1.12. The first-order valence-corrected chi connectivity index (χ1v) is 5.92. The van der Waals surface area contributed by atoms with Crippen LogP contribution in [0.15, 0.2) is 17.0 Å². The zero-order valence-corrected chi connectivity index (χ0v) is 10.7. The van der Waals surface area contributed by atoms with Gasteiger partial charge in [0, 0.05) is 0 Å². The summed E-state index contributed by atoms with van der Waals surface area (Å²) in [5, 5.41) is 9.81. The third kappa shape index (κ3) is 2.71. The van der Waals surface area contributed by atoms with Gasteiger partial charge >= 0.3 is 0 Å². The first-order valence-electron chi connectivity index (χ1n) is 3.93. The van der Waals surface area contributed by atoms with Crippen molar-refractivity contribution >= 4 is 50.6 Å². The molecule has 6 nitrogen and oxygen atoms in total. The summed E-state index contributed by atoms with van der Waals surface area (Å²) in [5.41, 5.74) is 0. The van der Waals surface area contributed by atoms with Crippen molar-refractivity contribution in [1.29, 1.82) is 0 Å². The Labute approximate surface area is 107 Å². The van der Waals surface area contributed by atoms with Crippen molar-refractivity contribution in [3.05, 3.63) is 26.5 Å². The van der Waals surface area contributed by atoms with Crippen LogP contribution in [0.4, 0.5) is 5.82 Å². The monoisotopic (exact) mass is 319 g/mol. The highest BCUT2D eigenvalue weighted by Crippen LogP contribution is 2.16. The third-order valence-electron chi connectivity index (χ3n) is 1.46. The lowest BCUT2D eigenvalue weighted by atomic mass is 10.6. The maximum atomic E-state index is 11.6. The molecule has 2 aromatic rings. The summed E-state index contributed by atoms with van der Waals surface area (Å²) in [7, 11) is 0. The molecule has 0 aliphatic carbocycles. The summed E-state index contributed by atoms with van der Waals surface area (Å²) in [5.74, 6) is -0.0828. The highest BCUT2D eigenvalue weighted by atomic mass is 79.9. The number of amides is 1. The lowest BCUT2D eigenvalue weighted by Crippen LogP contribution is -2.12. The van der Waals surface area contributed by atoms with Gasteiger partial charge in [0.2, 0.25) is 9.47 Å². The number of carbonyl (C=O) groups is 1. The summed E-state index contributed by atoms with van der Waals surface area (Å²) in [4.78, 5) is 19.4. The van der Waals surface area contributed by atoms with Crippen LogP contribution in [0.2, 0.25) is 4.47 Å². The Balaban J connectivity index is 2.10. The van der Waals surface area contributed by atoms with Crippen molar-refractivity contribution < 1.29 is 4.79 Å². The molecule has 82 valence electrons. The van der Waals surface area contributed by atoms with Gasteiger partial charge in [-0.3, -0.25) is 4.79 Å². The van der Waals surface area contributed by atoms with E-state index < -0.39 is 5.91 Å². The number of halogens is 2. The normalized spacial score (nSPS) is 10.1. The van der Waals surface area contributed by atoms with Gasteiger partial charge in [0.1, 0.15) is 4.60 Å². The number of hydrogen-bond donors (Lipinski definition) is 1. The van der Waals surface area contributed by atoms with Gasteiger partial charge in [-0.05, 0) is 27.5 Å². The average Bonchev–Trinajstić information content (AvgIpc) is 2.68. The standard InChI is InChI=1S/C7H3BrClN5OS/c8-3-1-11-4(2-10-3)12-5(15)6-13-14-7(9)16-6/h1-2H,(H,11,12,15). The second-order valence-electron chi connectivity index (χ2n) is 2.54. The topological polar surface area (TPSA) is 80.7 Å². The zero-order chi connectivity index (χ0) is 11.5. The number of anilines is 1. The molecular formula is C7H3BrClN5OS. The van der Waals surface area contributed by atoms with Crippen LogP contribution < -0.4 is 5.32 Å². The lowest BCUT2D eigenvalue weighted by Gasteiger charge is -1.99. The smallest absolute Gasteiger partial charge is 0.287 e. The summed E-state index contributed by atoms with van der Waals surface area (Å²) >= 11 is 9.69. The average molecular weight is 321 g/mol. The first kappa shape index (κ1) is 11.4. The summed E-state index contributed by atoms with van der Waals surface area (Å²) in [6.07, 6.45) is 2.90. The largest absolute Gasteiger partial charge is 0.303 e. The molecule has 0 unspecified atom stereocenters. The van der Waals surface area contributed by atoms with Crippen molar-refractivity contribution in [3.8, 4) is 0 Å². The van der Waals surface area contributed by atoms with Gasteiger partial charge in [-0.25, -0.2) is 9.97 Å². The number of nitrogens with zero attached hydrogens (tertiary/aromatic N) is 4. The van der Waals surface area contributed by atoms with E-state index in [0.717, 1.165) is 11.3 Å². The van der Waals surface area contributed by atoms with Crippen LogP contribution in [0.3, 0.4) is 0 Å². The molecule has 0 fully saturated rings. The van der Waals surface area contributed by atoms with Gasteiger partial charge in [-0.1, -0.05) is 11.3 Å². The molecule has 0 aromatic carbocycles. The van der Waals surface area contributed by atoms with Gasteiger partial charge in [-0.2, -0.15) is 0 Å². The highest BCUT2D eigenvalue weighted by Gasteiger charge is 2.12. The van der Waals surface area contributed by atoms with Crippen molar-refractivity contribution in [2.75, 3.05) is 5.32 Å². The SMILES string of the molecule is O=C(Nc1cnc(Br)cn1)c1nnc(Cl)s1. The van der Waals surface area contributed by atoms with E-state index in [4.69, 9.17) is 11.6 Å². The predicted octanol–water partition coefficient (Wildman–Crippen LogP) is 2.00. The van der Waals surface area contributed by atoms with Crippen molar-refractivity contribution in [3.63, 3.8) is 0 Å². The van der Waals surface area contributed by atoms with E-state index in [1.54, 1.807) is 0 Å². The van der Waals surface area contributed by atoms with Gasteiger partial charge in [0.15, 0.2) is 5.82 Å². The summed E-state index contributed by atoms with van der Waals surface area (Å²) in [6, 6.07) is 0. The second kappa shape index (κ2) is 4.81. The molecule has 2 rings (SSSR count). The Kier molecular flexibility index (Phi) is 3.42. The molecule has 2 aromatic heterocycles. The molecule has 0 saturated carbocycles. The van der Waals surface area contributed by atoms with Crippen LogP contribution in [-0.4, -0.2) is 26.1 Å². The maximum Gasteiger partial charge on any atom is 0.287 e. The van der Waals surface area contributed by atoms with Crippen molar-refractivity contribution in [2.24, 2.45) is 0 Å². The Morgan fingerprint density at radius 3 is 2.75 bits per heavy atom. The fraction of sp³-hybridized carbons (Fsp3) is 0. The molecule has 0 bridgehead atoms. The molecular weight excluding hydrogens is 318 g/mol. The molecule has 0 atom stereocenters. The van der Waals surface area contributed by atoms with Crippen molar-refractivity contribution in [2.45, 2.75) is 0 Å². The number of aromatic nitrogens is 4. The van der Waals surface area contributed by atoms with E-state index >= 15 is 0 Å². The van der Waals surface area contributed by atoms with Crippen LogP contribution in [0.5, 0.6) is 0 Å². The molecule has 0 aliphatic heterocycles. The third-order valence-corrected chi connectivity index (χ3v) is 2.88. The van der Waals surface area contributed by atoms with Gasteiger partial charge in [-0.15, -0.1) is 10.2 Å². The molecule has 1 N–H and O–H groups in total. The van der Waals surface area contributed by atoms with Gasteiger partial charge in [0.25, 0.3) is 5.91 Å². The summed E-state index contributed by atoms with van der Waals surface area (Å²) < 4.78 is 0.802. The van der Waals surface area contributed by atoms with Crippen molar-refractivity contribution in [1.82, 2.24) is 20.2 Å². The van der Waals surface area contributed by atoms with E-state index in [2.05, 4.69) is 41.4 Å². The Morgan fingerprint density at radius 1 is 1.38 bits per heavy atom. The minimum absolute atomic E-state index is 0.176. The quantitative estimate of drug-likeness (QED) is 0.915. The van der Waals surface area contributed by atoms with Crippen LogP contribution in [0, 0.1) is 0 Å². The van der Waals surface area contributed by atoms with Crippen LogP contribution in [-0.2, 0) is 0 Å². The summed E-state index contributed by atoms with van der Waals surface area (Å²) in [6.45, 7) is 0. The van der Waals surface area contributed by atoms with E-state index in [9.17, 15) is 4.79 Å². The predicted molar refractivity (Wildman–Crippen MR) is 62.6 cm³/mol. The van der Waals surface area contributed by atoms with Crippen LogP contribution >= 0.6 is 38.9 Å². The lowest BCUT2D eigenvalue weighted by molar-refractivity contribution is 0.102. The van der Waals surface area contributed by atoms with Crippen LogP contribution in [0.1, 0.15) is 9.80 Å². The molecule has 0 saturated heterocycles. The van der Waals surface area contributed by atoms with E-state index in [1.807, 2.05) is 0 Å².